The number of methoxy groups -OCH3 is 1. The van der Waals surface area contributed by atoms with Crippen molar-refractivity contribution in [1.82, 2.24) is 0 Å². The van der Waals surface area contributed by atoms with E-state index in [0.717, 1.165) is 11.1 Å². The van der Waals surface area contributed by atoms with Gasteiger partial charge in [-0.15, -0.1) is 0 Å². The van der Waals surface area contributed by atoms with E-state index in [-0.39, 0.29) is 12.1 Å². The van der Waals surface area contributed by atoms with Crippen LogP contribution in [0, 0.1) is 13.8 Å². The van der Waals surface area contributed by atoms with E-state index in [2.05, 4.69) is 44.2 Å². The van der Waals surface area contributed by atoms with Gasteiger partial charge < -0.3 is 10.5 Å². The van der Waals surface area contributed by atoms with E-state index < -0.39 is 0 Å². The zero-order valence-corrected chi connectivity index (χ0v) is 11.8. The standard InChI is InChI=1S/C17H21NO/c1-12-9-13(2)11-15(10-12)16(18)17(19-3)14-7-5-4-6-8-14/h4-11,16-17H,18H2,1-3H3. The maximum atomic E-state index is 6.39. The smallest absolute Gasteiger partial charge is 0.101 e. The molecule has 0 aliphatic rings. The zero-order valence-electron chi connectivity index (χ0n) is 11.8. The molecule has 2 heteroatoms. The van der Waals surface area contributed by atoms with Gasteiger partial charge in [0.25, 0.3) is 0 Å². The summed E-state index contributed by atoms with van der Waals surface area (Å²) in [6.07, 6.45) is -0.123. The van der Waals surface area contributed by atoms with Crippen molar-refractivity contribution < 1.29 is 4.74 Å². The Morgan fingerprint density at radius 1 is 0.895 bits per heavy atom. The molecule has 2 unspecified atom stereocenters. The van der Waals surface area contributed by atoms with Crippen molar-refractivity contribution in [1.29, 1.82) is 0 Å². The summed E-state index contributed by atoms with van der Waals surface area (Å²) in [6, 6.07) is 16.4. The van der Waals surface area contributed by atoms with Crippen LogP contribution in [0.1, 0.15) is 34.4 Å². The lowest BCUT2D eigenvalue weighted by molar-refractivity contribution is 0.0801. The Kier molecular flexibility index (Phi) is 4.35. The highest BCUT2D eigenvalue weighted by Crippen LogP contribution is 2.30. The van der Waals surface area contributed by atoms with Gasteiger partial charge >= 0.3 is 0 Å². The van der Waals surface area contributed by atoms with Gasteiger partial charge in [-0.3, -0.25) is 0 Å². The molecule has 0 amide bonds. The molecule has 0 spiro atoms. The zero-order chi connectivity index (χ0) is 13.8. The van der Waals surface area contributed by atoms with Crippen LogP contribution in [-0.4, -0.2) is 7.11 Å². The van der Waals surface area contributed by atoms with Crippen molar-refractivity contribution in [3.8, 4) is 0 Å². The molecule has 2 aromatic rings. The Morgan fingerprint density at radius 2 is 1.47 bits per heavy atom. The monoisotopic (exact) mass is 255 g/mol. The first-order valence-corrected chi connectivity index (χ1v) is 6.53. The molecule has 2 N–H and O–H groups in total. The van der Waals surface area contributed by atoms with Gasteiger partial charge in [0.2, 0.25) is 0 Å². The Labute approximate surface area is 115 Å². The van der Waals surface area contributed by atoms with Gasteiger partial charge in [0.05, 0.1) is 6.04 Å². The van der Waals surface area contributed by atoms with Crippen molar-refractivity contribution in [2.24, 2.45) is 5.73 Å². The highest BCUT2D eigenvalue weighted by atomic mass is 16.5. The molecular weight excluding hydrogens is 234 g/mol. The summed E-state index contributed by atoms with van der Waals surface area (Å²) in [7, 11) is 1.71. The average molecular weight is 255 g/mol. The maximum absolute atomic E-state index is 6.39. The first kappa shape index (κ1) is 13.8. The molecule has 0 saturated heterocycles. The van der Waals surface area contributed by atoms with E-state index in [0.29, 0.717) is 0 Å². The molecule has 0 aliphatic carbocycles. The van der Waals surface area contributed by atoms with Gasteiger partial charge in [-0.1, -0.05) is 59.7 Å². The third-order valence-corrected chi connectivity index (χ3v) is 3.34. The molecule has 2 aromatic carbocycles. The summed E-state index contributed by atoms with van der Waals surface area (Å²) in [5.41, 5.74) is 11.1. The number of hydrogen-bond acceptors (Lipinski definition) is 2. The van der Waals surface area contributed by atoms with Crippen LogP contribution in [0.5, 0.6) is 0 Å². The van der Waals surface area contributed by atoms with Crippen molar-refractivity contribution in [3.05, 3.63) is 70.8 Å². The normalized spacial score (nSPS) is 14.1. The minimum absolute atomic E-state index is 0.123. The van der Waals surface area contributed by atoms with Crippen molar-refractivity contribution in [2.45, 2.75) is 26.0 Å². The molecular formula is C17H21NO. The van der Waals surface area contributed by atoms with Gasteiger partial charge in [-0.05, 0) is 25.0 Å². The molecule has 0 heterocycles. The fraction of sp³-hybridized carbons (Fsp3) is 0.294. The lowest BCUT2D eigenvalue weighted by Crippen LogP contribution is -2.21. The van der Waals surface area contributed by atoms with Crippen molar-refractivity contribution in [2.75, 3.05) is 7.11 Å². The van der Waals surface area contributed by atoms with E-state index in [1.807, 2.05) is 18.2 Å². The van der Waals surface area contributed by atoms with Crippen molar-refractivity contribution >= 4 is 0 Å². The molecule has 0 saturated carbocycles. The highest BCUT2D eigenvalue weighted by Gasteiger charge is 2.21. The average Bonchev–Trinajstić information content (AvgIpc) is 2.39. The number of hydrogen-bond donors (Lipinski definition) is 1. The number of ether oxygens (including phenoxy) is 1. The summed E-state index contributed by atoms with van der Waals surface area (Å²) in [5.74, 6) is 0. The Morgan fingerprint density at radius 3 is 2.00 bits per heavy atom. The molecule has 2 rings (SSSR count). The summed E-state index contributed by atoms with van der Waals surface area (Å²) in [4.78, 5) is 0. The van der Waals surface area contributed by atoms with E-state index in [1.54, 1.807) is 7.11 Å². The first-order valence-electron chi connectivity index (χ1n) is 6.53. The van der Waals surface area contributed by atoms with Crippen LogP contribution in [0.4, 0.5) is 0 Å². The fourth-order valence-corrected chi connectivity index (χ4v) is 2.51. The number of rotatable bonds is 4. The van der Waals surface area contributed by atoms with Crippen LogP contribution in [-0.2, 0) is 4.74 Å². The second kappa shape index (κ2) is 6.00. The molecule has 0 radical (unpaired) electrons. The van der Waals surface area contributed by atoms with E-state index in [9.17, 15) is 0 Å². The lowest BCUT2D eigenvalue weighted by Gasteiger charge is -2.24. The summed E-state index contributed by atoms with van der Waals surface area (Å²) in [6.45, 7) is 4.18. The molecule has 2 atom stereocenters. The van der Waals surface area contributed by atoms with E-state index in [4.69, 9.17) is 10.5 Å². The quantitative estimate of drug-likeness (QED) is 0.904. The fourth-order valence-electron chi connectivity index (χ4n) is 2.51. The Bertz CT molecular complexity index is 516. The van der Waals surface area contributed by atoms with Crippen LogP contribution < -0.4 is 5.73 Å². The molecule has 0 bridgehead atoms. The predicted molar refractivity (Wildman–Crippen MR) is 79.0 cm³/mol. The number of aryl methyl sites for hydroxylation is 2. The SMILES string of the molecule is COC(c1ccccc1)C(N)c1cc(C)cc(C)c1. The first-order chi connectivity index (χ1) is 9.11. The third kappa shape index (κ3) is 3.22. The molecule has 0 aromatic heterocycles. The second-order valence-corrected chi connectivity index (χ2v) is 5.01. The van der Waals surface area contributed by atoms with E-state index in [1.165, 1.54) is 11.1 Å². The molecule has 2 nitrogen and oxygen atoms in total. The summed E-state index contributed by atoms with van der Waals surface area (Å²) in [5, 5.41) is 0. The molecule has 19 heavy (non-hydrogen) atoms. The minimum atomic E-state index is -0.161. The van der Waals surface area contributed by atoms with Crippen LogP contribution in [0.3, 0.4) is 0 Å². The Balaban J connectivity index is 2.33. The largest absolute Gasteiger partial charge is 0.375 e. The maximum Gasteiger partial charge on any atom is 0.101 e. The second-order valence-electron chi connectivity index (χ2n) is 5.01. The molecule has 0 fully saturated rings. The van der Waals surface area contributed by atoms with Crippen LogP contribution in [0.25, 0.3) is 0 Å². The van der Waals surface area contributed by atoms with Crippen molar-refractivity contribution in [3.63, 3.8) is 0 Å². The third-order valence-electron chi connectivity index (χ3n) is 3.34. The van der Waals surface area contributed by atoms with E-state index >= 15 is 0 Å². The minimum Gasteiger partial charge on any atom is -0.375 e. The molecule has 100 valence electrons. The highest BCUT2D eigenvalue weighted by molar-refractivity contribution is 5.33. The van der Waals surface area contributed by atoms with Gasteiger partial charge in [-0.25, -0.2) is 0 Å². The van der Waals surface area contributed by atoms with Crippen LogP contribution in [0.2, 0.25) is 0 Å². The van der Waals surface area contributed by atoms with Crippen LogP contribution in [0.15, 0.2) is 48.5 Å². The van der Waals surface area contributed by atoms with Gasteiger partial charge in [0.15, 0.2) is 0 Å². The van der Waals surface area contributed by atoms with Gasteiger partial charge in [0, 0.05) is 7.11 Å². The predicted octanol–water partition coefficient (Wildman–Crippen LogP) is 3.69. The summed E-state index contributed by atoms with van der Waals surface area (Å²) < 4.78 is 5.61. The molecule has 0 aliphatic heterocycles. The lowest BCUT2D eigenvalue weighted by atomic mass is 9.94. The Hall–Kier alpha value is -1.64. The van der Waals surface area contributed by atoms with Crippen LogP contribution >= 0.6 is 0 Å². The van der Waals surface area contributed by atoms with Gasteiger partial charge in [-0.2, -0.15) is 0 Å². The van der Waals surface area contributed by atoms with Gasteiger partial charge in [0.1, 0.15) is 6.10 Å². The topological polar surface area (TPSA) is 35.2 Å². The summed E-state index contributed by atoms with van der Waals surface area (Å²) >= 11 is 0. The number of nitrogens with two attached hydrogens (primary N) is 1. The number of benzene rings is 2.